The Morgan fingerprint density at radius 3 is 2.50 bits per heavy atom. The van der Waals surface area contributed by atoms with E-state index in [-0.39, 0.29) is 12.4 Å². The predicted octanol–water partition coefficient (Wildman–Crippen LogP) is 2.49. The summed E-state index contributed by atoms with van der Waals surface area (Å²) in [4.78, 5) is 0. The maximum absolute atomic E-state index is 5.74. The van der Waals surface area contributed by atoms with Gasteiger partial charge in [-0.2, -0.15) is 0 Å². The van der Waals surface area contributed by atoms with Crippen molar-refractivity contribution in [2.75, 3.05) is 6.61 Å². The van der Waals surface area contributed by atoms with Crippen LogP contribution in [0, 0.1) is 0 Å². The first-order valence-electron chi connectivity index (χ1n) is 4.81. The summed E-state index contributed by atoms with van der Waals surface area (Å²) >= 11 is 0. The Morgan fingerprint density at radius 2 is 2.08 bits per heavy atom. The Bertz CT molecular complexity index is 142. The molecule has 0 aromatic heterocycles. The molecule has 0 bridgehead atoms. The van der Waals surface area contributed by atoms with Crippen LogP contribution in [0.5, 0.6) is 0 Å². The molecule has 0 radical (unpaired) electrons. The zero-order valence-electron chi connectivity index (χ0n) is 8.59. The molecule has 12 heavy (non-hydrogen) atoms. The molecule has 1 fully saturated rings. The van der Waals surface area contributed by atoms with E-state index in [0.717, 1.165) is 13.0 Å². The second-order valence-corrected chi connectivity index (χ2v) is 4.58. The van der Waals surface area contributed by atoms with E-state index in [9.17, 15) is 0 Å². The second-order valence-electron chi connectivity index (χ2n) is 4.58. The third-order valence-electron chi connectivity index (χ3n) is 2.07. The van der Waals surface area contributed by atoms with Crippen molar-refractivity contribution in [2.45, 2.75) is 52.0 Å². The Kier molecular flexibility index (Phi) is 3.19. The minimum Gasteiger partial charge on any atom is -0.408 e. The van der Waals surface area contributed by atoms with Gasteiger partial charge in [-0.15, -0.1) is 0 Å². The minimum absolute atomic E-state index is 0.00551. The van der Waals surface area contributed by atoms with Crippen LogP contribution in [0.4, 0.5) is 0 Å². The fourth-order valence-electron chi connectivity index (χ4n) is 1.38. The lowest BCUT2D eigenvalue weighted by atomic mass is 9.61. The van der Waals surface area contributed by atoms with Gasteiger partial charge in [-0.25, -0.2) is 0 Å². The molecule has 1 unspecified atom stereocenters. The topological polar surface area (TPSA) is 18.5 Å². The van der Waals surface area contributed by atoms with Gasteiger partial charge in [-0.1, -0.05) is 34.1 Å². The van der Waals surface area contributed by atoms with Crippen LogP contribution < -0.4 is 0 Å². The van der Waals surface area contributed by atoms with Crippen molar-refractivity contribution in [3.8, 4) is 0 Å². The molecule has 1 rings (SSSR count). The third-order valence-corrected chi connectivity index (χ3v) is 2.07. The molecular weight excluding hydrogens is 151 g/mol. The van der Waals surface area contributed by atoms with E-state index in [1.807, 2.05) is 0 Å². The van der Waals surface area contributed by atoms with E-state index in [1.54, 1.807) is 0 Å². The SMILES string of the molecule is CCCC1COB(C(C)(C)C)O1. The first kappa shape index (κ1) is 10.1. The molecule has 0 aromatic carbocycles. The summed E-state index contributed by atoms with van der Waals surface area (Å²) < 4.78 is 11.3. The molecule has 1 heterocycles. The lowest BCUT2D eigenvalue weighted by Gasteiger charge is -2.20. The third kappa shape index (κ3) is 2.49. The first-order chi connectivity index (χ1) is 5.54. The standard InChI is InChI=1S/C9H19BO2/c1-5-6-8-7-11-10(12-8)9(2,3)4/h8H,5-7H2,1-4H3. The summed E-state index contributed by atoms with van der Waals surface area (Å²) in [6.07, 6.45) is 2.62. The maximum Gasteiger partial charge on any atom is 0.463 e. The van der Waals surface area contributed by atoms with Crippen LogP contribution in [0.3, 0.4) is 0 Å². The van der Waals surface area contributed by atoms with Crippen molar-refractivity contribution in [1.29, 1.82) is 0 Å². The molecule has 1 aliphatic heterocycles. The summed E-state index contributed by atoms with van der Waals surface area (Å²) in [7, 11) is -0.00551. The van der Waals surface area contributed by atoms with Crippen LogP contribution in [0.2, 0.25) is 5.31 Å². The lowest BCUT2D eigenvalue weighted by molar-refractivity contribution is 0.216. The van der Waals surface area contributed by atoms with Crippen LogP contribution in [0.15, 0.2) is 0 Å². The highest BCUT2D eigenvalue weighted by molar-refractivity contribution is 6.48. The molecule has 0 spiro atoms. The van der Waals surface area contributed by atoms with E-state index in [4.69, 9.17) is 9.31 Å². The normalized spacial score (nSPS) is 25.0. The Morgan fingerprint density at radius 1 is 1.42 bits per heavy atom. The summed E-state index contributed by atoms with van der Waals surface area (Å²) in [5.41, 5.74) is 0. The Labute approximate surface area is 75.8 Å². The van der Waals surface area contributed by atoms with Gasteiger partial charge in [0.15, 0.2) is 0 Å². The minimum atomic E-state index is -0.00551. The van der Waals surface area contributed by atoms with Gasteiger partial charge < -0.3 is 9.31 Å². The average molecular weight is 170 g/mol. The van der Waals surface area contributed by atoms with Gasteiger partial charge in [0.2, 0.25) is 0 Å². The highest BCUT2D eigenvalue weighted by Crippen LogP contribution is 2.32. The van der Waals surface area contributed by atoms with Gasteiger partial charge in [0.05, 0.1) is 12.7 Å². The van der Waals surface area contributed by atoms with Crippen molar-refractivity contribution in [3.05, 3.63) is 0 Å². The molecule has 70 valence electrons. The molecule has 0 amide bonds. The molecule has 1 saturated heterocycles. The average Bonchev–Trinajstić information content (AvgIpc) is 2.35. The van der Waals surface area contributed by atoms with Crippen molar-refractivity contribution >= 4 is 7.12 Å². The van der Waals surface area contributed by atoms with Crippen LogP contribution in [0.25, 0.3) is 0 Å². The lowest BCUT2D eigenvalue weighted by Crippen LogP contribution is -2.27. The van der Waals surface area contributed by atoms with Crippen molar-refractivity contribution in [2.24, 2.45) is 0 Å². The molecule has 0 saturated carbocycles. The molecule has 0 aromatic rings. The smallest absolute Gasteiger partial charge is 0.408 e. The van der Waals surface area contributed by atoms with E-state index >= 15 is 0 Å². The molecule has 0 N–H and O–H groups in total. The molecule has 3 heteroatoms. The van der Waals surface area contributed by atoms with Crippen LogP contribution >= 0.6 is 0 Å². The van der Waals surface area contributed by atoms with Gasteiger partial charge in [-0.3, -0.25) is 0 Å². The zero-order chi connectivity index (χ0) is 9.19. The fourth-order valence-corrected chi connectivity index (χ4v) is 1.38. The highest BCUT2D eigenvalue weighted by atomic mass is 16.6. The number of rotatable bonds is 2. The zero-order valence-corrected chi connectivity index (χ0v) is 8.59. The summed E-state index contributed by atoms with van der Waals surface area (Å²) in [6, 6.07) is 0. The van der Waals surface area contributed by atoms with Crippen LogP contribution in [-0.4, -0.2) is 19.8 Å². The van der Waals surface area contributed by atoms with Gasteiger partial charge in [0.25, 0.3) is 0 Å². The van der Waals surface area contributed by atoms with E-state index in [0.29, 0.717) is 6.10 Å². The summed E-state index contributed by atoms with van der Waals surface area (Å²) in [5, 5.41) is 0.114. The quantitative estimate of drug-likeness (QED) is 0.592. The summed E-state index contributed by atoms with van der Waals surface area (Å²) in [5.74, 6) is 0. The van der Waals surface area contributed by atoms with Gasteiger partial charge >= 0.3 is 7.12 Å². The Balaban J connectivity index is 2.35. The Hall–Kier alpha value is -0.0151. The number of hydrogen-bond donors (Lipinski definition) is 0. The summed E-state index contributed by atoms with van der Waals surface area (Å²) in [6.45, 7) is 9.38. The molecule has 1 aliphatic rings. The largest absolute Gasteiger partial charge is 0.463 e. The van der Waals surface area contributed by atoms with Gasteiger partial charge in [0.1, 0.15) is 0 Å². The highest BCUT2D eigenvalue weighted by Gasteiger charge is 2.40. The maximum atomic E-state index is 5.74. The first-order valence-corrected chi connectivity index (χ1v) is 4.81. The fraction of sp³-hybridized carbons (Fsp3) is 1.00. The van der Waals surface area contributed by atoms with E-state index in [2.05, 4.69) is 27.7 Å². The molecule has 1 atom stereocenters. The number of hydrogen-bond acceptors (Lipinski definition) is 2. The molecule has 0 aliphatic carbocycles. The van der Waals surface area contributed by atoms with E-state index < -0.39 is 0 Å². The van der Waals surface area contributed by atoms with Crippen LogP contribution in [-0.2, 0) is 9.31 Å². The second kappa shape index (κ2) is 3.80. The van der Waals surface area contributed by atoms with Crippen molar-refractivity contribution in [1.82, 2.24) is 0 Å². The predicted molar refractivity (Wildman–Crippen MR) is 51.2 cm³/mol. The van der Waals surface area contributed by atoms with Crippen molar-refractivity contribution in [3.63, 3.8) is 0 Å². The van der Waals surface area contributed by atoms with Gasteiger partial charge in [0, 0.05) is 0 Å². The van der Waals surface area contributed by atoms with Crippen LogP contribution in [0.1, 0.15) is 40.5 Å². The molecular formula is C9H19BO2. The molecule has 2 nitrogen and oxygen atoms in total. The van der Waals surface area contributed by atoms with E-state index in [1.165, 1.54) is 6.42 Å². The van der Waals surface area contributed by atoms with Crippen molar-refractivity contribution < 1.29 is 9.31 Å². The van der Waals surface area contributed by atoms with Gasteiger partial charge in [-0.05, 0) is 11.7 Å². The monoisotopic (exact) mass is 170 g/mol.